The lowest BCUT2D eigenvalue weighted by Crippen LogP contribution is -2.18. The molecule has 0 bridgehead atoms. The maximum absolute atomic E-state index is 12.4. The molecule has 4 nitrogen and oxygen atoms in total. The SMILES string of the molecule is Cc1cccc2ccn(-c3ccn[nH]3)c(=O)c12. The predicted molar refractivity (Wildman–Crippen MR) is 66.4 cm³/mol. The summed E-state index contributed by atoms with van der Waals surface area (Å²) < 4.78 is 1.57. The summed E-state index contributed by atoms with van der Waals surface area (Å²) in [7, 11) is 0. The molecule has 0 saturated heterocycles. The van der Waals surface area contributed by atoms with E-state index in [0.717, 1.165) is 16.3 Å². The molecule has 0 atom stereocenters. The quantitative estimate of drug-likeness (QED) is 0.688. The zero-order valence-electron chi connectivity index (χ0n) is 9.34. The van der Waals surface area contributed by atoms with Gasteiger partial charge >= 0.3 is 0 Å². The standard InChI is InChI=1S/C13H11N3O/c1-9-3-2-4-10-6-8-16(13(17)12(9)10)11-5-7-14-15-11/h2-8H,1H3,(H,14,15). The van der Waals surface area contributed by atoms with E-state index in [1.54, 1.807) is 23.0 Å². The van der Waals surface area contributed by atoms with Gasteiger partial charge in [0.25, 0.3) is 5.56 Å². The number of aromatic amines is 1. The Morgan fingerprint density at radius 2 is 2.12 bits per heavy atom. The van der Waals surface area contributed by atoms with Gasteiger partial charge in [-0.05, 0) is 23.9 Å². The van der Waals surface area contributed by atoms with Gasteiger partial charge in [0.05, 0.1) is 11.6 Å². The number of hydrogen-bond donors (Lipinski definition) is 1. The summed E-state index contributed by atoms with van der Waals surface area (Å²) in [5, 5.41) is 8.37. The molecule has 0 aliphatic carbocycles. The van der Waals surface area contributed by atoms with E-state index in [0.29, 0.717) is 5.82 Å². The van der Waals surface area contributed by atoms with Crippen LogP contribution in [0, 0.1) is 6.92 Å². The monoisotopic (exact) mass is 225 g/mol. The number of H-pyrrole nitrogens is 1. The largest absolute Gasteiger partial charge is 0.268 e. The van der Waals surface area contributed by atoms with Gasteiger partial charge in [-0.1, -0.05) is 18.2 Å². The molecule has 3 aromatic rings. The summed E-state index contributed by atoms with van der Waals surface area (Å²) in [6.07, 6.45) is 3.39. The van der Waals surface area contributed by atoms with Crippen molar-refractivity contribution in [2.45, 2.75) is 6.92 Å². The van der Waals surface area contributed by atoms with Gasteiger partial charge in [0.2, 0.25) is 0 Å². The van der Waals surface area contributed by atoms with E-state index >= 15 is 0 Å². The molecule has 0 aliphatic rings. The second-order valence-electron chi connectivity index (χ2n) is 3.97. The number of benzene rings is 1. The van der Waals surface area contributed by atoms with Crippen molar-refractivity contribution in [2.24, 2.45) is 0 Å². The van der Waals surface area contributed by atoms with Gasteiger partial charge in [-0.25, -0.2) is 0 Å². The van der Waals surface area contributed by atoms with Gasteiger partial charge in [0, 0.05) is 12.3 Å². The minimum atomic E-state index is -0.0233. The van der Waals surface area contributed by atoms with Crippen LogP contribution in [0.3, 0.4) is 0 Å². The van der Waals surface area contributed by atoms with Gasteiger partial charge in [-0.2, -0.15) is 5.10 Å². The average molecular weight is 225 g/mol. The molecule has 0 saturated carbocycles. The fourth-order valence-electron chi connectivity index (χ4n) is 2.04. The fourth-order valence-corrected chi connectivity index (χ4v) is 2.04. The highest BCUT2D eigenvalue weighted by atomic mass is 16.1. The molecule has 1 aromatic carbocycles. The zero-order valence-corrected chi connectivity index (χ0v) is 9.34. The van der Waals surface area contributed by atoms with E-state index in [9.17, 15) is 4.79 Å². The van der Waals surface area contributed by atoms with E-state index in [2.05, 4.69) is 10.2 Å². The summed E-state index contributed by atoms with van der Waals surface area (Å²) in [5.41, 5.74) is 0.964. The van der Waals surface area contributed by atoms with Crippen molar-refractivity contribution in [1.29, 1.82) is 0 Å². The number of fused-ring (bicyclic) bond motifs is 1. The fraction of sp³-hybridized carbons (Fsp3) is 0.0769. The van der Waals surface area contributed by atoms with Crippen LogP contribution in [0.2, 0.25) is 0 Å². The first-order chi connectivity index (χ1) is 8.27. The predicted octanol–water partition coefficient (Wildman–Crippen LogP) is 2.02. The van der Waals surface area contributed by atoms with Crippen molar-refractivity contribution < 1.29 is 0 Å². The average Bonchev–Trinajstić information content (AvgIpc) is 2.83. The van der Waals surface area contributed by atoms with Crippen molar-refractivity contribution in [3.05, 3.63) is 58.6 Å². The Hall–Kier alpha value is -2.36. The molecule has 0 amide bonds. The Bertz CT molecular complexity index is 726. The summed E-state index contributed by atoms with van der Waals surface area (Å²) >= 11 is 0. The molecular formula is C13H11N3O. The number of rotatable bonds is 1. The van der Waals surface area contributed by atoms with Crippen LogP contribution in [0.1, 0.15) is 5.56 Å². The van der Waals surface area contributed by atoms with Gasteiger partial charge < -0.3 is 0 Å². The molecule has 0 fully saturated rings. The number of aryl methyl sites for hydroxylation is 1. The number of nitrogens with one attached hydrogen (secondary N) is 1. The third-order valence-corrected chi connectivity index (χ3v) is 2.89. The van der Waals surface area contributed by atoms with Crippen LogP contribution in [0.5, 0.6) is 0 Å². The molecule has 84 valence electrons. The second-order valence-corrected chi connectivity index (χ2v) is 3.97. The van der Waals surface area contributed by atoms with Crippen molar-refractivity contribution in [3.8, 4) is 5.82 Å². The smallest absolute Gasteiger partial charge is 0.264 e. The van der Waals surface area contributed by atoms with Crippen LogP contribution in [0.4, 0.5) is 0 Å². The Kier molecular flexibility index (Phi) is 2.08. The van der Waals surface area contributed by atoms with Crippen LogP contribution < -0.4 is 5.56 Å². The Balaban J connectivity index is 2.41. The normalized spacial score (nSPS) is 10.9. The number of hydrogen-bond acceptors (Lipinski definition) is 2. The summed E-state index contributed by atoms with van der Waals surface area (Å²) in [5.74, 6) is 0.681. The van der Waals surface area contributed by atoms with E-state index < -0.39 is 0 Å². The van der Waals surface area contributed by atoms with Crippen LogP contribution in [0.25, 0.3) is 16.6 Å². The maximum atomic E-state index is 12.4. The molecule has 1 N–H and O–H groups in total. The summed E-state index contributed by atoms with van der Waals surface area (Å²) in [6.45, 7) is 1.95. The Morgan fingerprint density at radius 3 is 2.88 bits per heavy atom. The Morgan fingerprint density at radius 1 is 1.24 bits per heavy atom. The van der Waals surface area contributed by atoms with Gasteiger partial charge in [0.1, 0.15) is 5.82 Å². The van der Waals surface area contributed by atoms with E-state index in [1.165, 1.54) is 0 Å². The van der Waals surface area contributed by atoms with Crippen molar-refractivity contribution >= 4 is 10.8 Å². The highest BCUT2D eigenvalue weighted by Gasteiger charge is 2.06. The summed E-state index contributed by atoms with van der Waals surface area (Å²) in [6, 6.07) is 9.55. The maximum Gasteiger partial charge on any atom is 0.264 e. The lowest BCUT2D eigenvalue weighted by molar-refractivity contribution is 0.927. The van der Waals surface area contributed by atoms with Crippen molar-refractivity contribution in [2.75, 3.05) is 0 Å². The Labute approximate surface area is 97.5 Å². The van der Waals surface area contributed by atoms with Crippen molar-refractivity contribution in [3.63, 3.8) is 0 Å². The van der Waals surface area contributed by atoms with Gasteiger partial charge in [-0.3, -0.25) is 14.5 Å². The molecule has 0 spiro atoms. The molecule has 2 aromatic heterocycles. The molecule has 0 unspecified atom stereocenters. The lowest BCUT2D eigenvalue weighted by Gasteiger charge is -2.06. The lowest BCUT2D eigenvalue weighted by atomic mass is 10.1. The molecule has 0 aliphatic heterocycles. The van der Waals surface area contributed by atoms with Gasteiger partial charge in [0.15, 0.2) is 0 Å². The van der Waals surface area contributed by atoms with Crippen LogP contribution in [-0.2, 0) is 0 Å². The number of nitrogens with zero attached hydrogens (tertiary/aromatic N) is 2. The minimum absolute atomic E-state index is 0.0233. The molecule has 0 radical (unpaired) electrons. The van der Waals surface area contributed by atoms with E-state index in [1.807, 2.05) is 31.2 Å². The molecule has 3 rings (SSSR count). The molecule has 17 heavy (non-hydrogen) atoms. The number of pyridine rings is 1. The topological polar surface area (TPSA) is 50.7 Å². The number of aromatic nitrogens is 3. The first-order valence-electron chi connectivity index (χ1n) is 5.38. The minimum Gasteiger partial charge on any atom is -0.268 e. The van der Waals surface area contributed by atoms with Crippen molar-refractivity contribution in [1.82, 2.24) is 14.8 Å². The van der Waals surface area contributed by atoms with Crippen LogP contribution >= 0.6 is 0 Å². The first-order valence-corrected chi connectivity index (χ1v) is 5.38. The highest BCUT2D eigenvalue weighted by Crippen LogP contribution is 2.14. The van der Waals surface area contributed by atoms with Crippen LogP contribution in [0.15, 0.2) is 47.5 Å². The van der Waals surface area contributed by atoms with Crippen LogP contribution in [-0.4, -0.2) is 14.8 Å². The first kappa shape index (κ1) is 9.84. The molecule has 4 heteroatoms. The van der Waals surface area contributed by atoms with E-state index in [4.69, 9.17) is 0 Å². The third-order valence-electron chi connectivity index (χ3n) is 2.89. The summed E-state index contributed by atoms with van der Waals surface area (Å²) in [4.78, 5) is 12.4. The highest BCUT2D eigenvalue weighted by molar-refractivity contribution is 5.84. The van der Waals surface area contributed by atoms with Gasteiger partial charge in [-0.15, -0.1) is 0 Å². The molecule has 2 heterocycles. The second kappa shape index (κ2) is 3.59. The van der Waals surface area contributed by atoms with E-state index in [-0.39, 0.29) is 5.56 Å². The third kappa shape index (κ3) is 1.45. The zero-order chi connectivity index (χ0) is 11.8. The molecular weight excluding hydrogens is 214 g/mol.